The van der Waals surface area contributed by atoms with Gasteiger partial charge in [0.15, 0.2) is 5.11 Å². The zero-order chi connectivity index (χ0) is 24.4. The number of para-hydroxylation sites is 1. The Bertz CT molecular complexity index is 1300. The van der Waals surface area contributed by atoms with Crippen molar-refractivity contribution in [3.05, 3.63) is 92.8 Å². The summed E-state index contributed by atoms with van der Waals surface area (Å²) >= 11 is 11.9. The number of thiocarbonyl (C=S) groups is 1. The predicted molar refractivity (Wildman–Crippen MR) is 133 cm³/mol. The molecule has 1 aliphatic heterocycles. The van der Waals surface area contributed by atoms with E-state index in [4.69, 9.17) is 33.0 Å². The summed E-state index contributed by atoms with van der Waals surface area (Å²) in [6.07, 6.45) is 0. The first-order valence-corrected chi connectivity index (χ1v) is 11.2. The highest BCUT2D eigenvalue weighted by Crippen LogP contribution is 2.38. The highest BCUT2D eigenvalue weighted by atomic mass is 35.5. The van der Waals surface area contributed by atoms with Gasteiger partial charge in [-0.3, -0.25) is 15.0 Å². The molecule has 0 saturated heterocycles. The van der Waals surface area contributed by atoms with Gasteiger partial charge in [0.1, 0.15) is 17.6 Å². The van der Waals surface area contributed by atoms with Gasteiger partial charge in [-0.1, -0.05) is 29.8 Å². The van der Waals surface area contributed by atoms with Crippen LogP contribution in [-0.2, 0) is 9.53 Å². The number of esters is 1. The lowest BCUT2D eigenvalue weighted by atomic mass is 9.99. The lowest BCUT2D eigenvalue weighted by molar-refractivity contribution is -0.384. The fourth-order valence-corrected chi connectivity index (χ4v) is 4.36. The SMILES string of the molecule is CCOC(=O)C1=C(C)N(c2ccccc2)C(=S)N[C@H]1c1ccc(-c2cc([N+](=O)[O-])ccc2Cl)o1. The molecule has 1 atom stereocenters. The number of halogens is 1. The molecule has 2 heterocycles. The Labute approximate surface area is 205 Å². The van der Waals surface area contributed by atoms with Crippen molar-refractivity contribution in [3.63, 3.8) is 0 Å². The first-order chi connectivity index (χ1) is 16.3. The third kappa shape index (κ3) is 4.40. The number of furan rings is 1. The number of hydrogen-bond donors (Lipinski definition) is 1. The predicted octanol–water partition coefficient (Wildman–Crippen LogP) is 5.78. The summed E-state index contributed by atoms with van der Waals surface area (Å²) in [5, 5.41) is 15.0. The maximum atomic E-state index is 13.0. The van der Waals surface area contributed by atoms with E-state index in [1.165, 1.54) is 18.2 Å². The molecule has 0 aliphatic carbocycles. The zero-order valence-corrected chi connectivity index (χ0v) is 19.9. The molecule has 0 saturated carbocycles. The van der Waals surface area contributed by atoms with Gasteiger partial charge in [-0.15, -0.1) is 0 Å². The van der Waals surface area contributed by atoms with Crippen LogP contribution < -0.4 is 10.2 Å². The number of allylic oxidation sites excluding steroid dienone is 1. The number of anilines is 1. The van der Waals surface area contributed by atoms with Gasteiger partial charge in [0.05, 0.1) is 22.1 Å². The van der Waals surface area contributed by atoms with Crippen molar-refractivity contribution >= 4 is 46.3 Å². The first kappa shape index (κ1) is 23.5. The van der Waals surface area contributed by atoms with Crippen LogP contribution in [0, 0.1) is 10.1 Å². The molecule has 8 nitrogen and oxygen atoms in total. The summed E-state index contributed by atoms with van der Waals surface area (Å²) in [5.41, 5.74) is 1.98. The van der Waals surface area contributed by atoms with Gasteiger partial charge < -0.3 is 14.5 Å². The van der Waals surface area contributed by atoms with E-state index in [2.05, 4.69) is 5.32 Å². The third-order valence-electron chi connectivity index (χ3n) is 5.33. The average molecular weight is 498 g/mol. The van der Waals surface area contributed by atoms with Gasteiger partial charge in [0.2, 0.25) is 0 Å². The Hall–Kier alpha value is -3.69. The third-order valence-corrected chi connectivity index (χ3v) is 5.96. The molecule has 1 aromatic heterocycles. The van der Waals surface area contributed by atoms with Crippen LogP contribution >= 0.6 is 23.8 Å². The maximum absolute atomic E-state index is 13.0. The number of hydrogen-bond acceptors (Lipinski definition) is 6. The fraction of sp³-hybridized carbons (Fsp3) is 0.167. The average Bonchev–Trinajstić information content (AvgIpc) is 3.29. The Morgan fingerprint density at radius 1 is 1.24 bits per heavy atom. The number of nitro benzene ring substituents is 1. The summed E-state index contributed by atoms with van der Waals surface area (Å²) in [4.78, 5) is 25.4. The standard InChI is InChI=1S/C24H20ClN3O5S/c1-3-32-23(29)21-14(2)27(15-7-5-4-6-8-15)24(34)26-22(21)20-12-11-19(33-20)17-13-16(28(30)31)9-10-18(17)25/h4-13,22H,3H2,1-2H3,(H,26,34)/t22-/m0/s1. The summed E-state index contributed by atoms with van der Waals surface area (Å²) < 4.78 is 11.4. The monoisotopic (exact) mass is 497 g/mol. The summed E-state index contributed by atoms with van der Waals surface area (Å²) in [5.74, 6) is 0.199. The molecule has 1 aliphatic rings. The molecular weight excluding hydrogens is 478 g/mol. The second-order valence-corrected chi connectivity index (χ2v) is 8.19. The Balaban J connectivity index is 1.79. The van der Waals surface area contributed by atoms with E-state index in [-0.39, 0.29) is 12.3 Å². The van der Waals surface area contributed by atoms with E-state index in [1.54, 1.807) is 30.9 Å². The highest BCUT2D eigenvalue weighted by molar-refractivity contribution is 7.80. The number of non-ortho nitro benzene ring substituents is 1. The van der Waals surface area contributed by atoms with Crippen molar-refractivity contribution in [3.8, 4) is 11.3 Å². The number of rotatable bonds is 6. The molecule has 2 aromatic carbocycles. The van der Waals surface area contributed by atoms with Gasteiger partial charge >= 0.3 is 5.97 Å². The summed E-state index contributed by atoms with van der Waals surface area (Å²) in [6, 6.07) is 16.1. The van der Waals surface area contributed by atoms with Crippen molar-refractivity contribution in [2.45, 2.75) is 19.9 Å². The van der Waals surface area contributed by atoms with Crippen molar-refractivity contribution < 1.29 is 18.9 Å². The Kier molecular flexibility index (Phi) is 6.67. The van der Waals surface area contributed by atoms with E-state index in [1.807, 2.05) is 30.3 Å². The van der Waals surface area contributed by atoms with E-state index < -0.39 is 16.9 Å². The van der Waals surface area contributed by atoms with Crippen molar-refractivity contribution in [1.82, 2.24) is 5.32 Å². The number of benzene rings is 2. The number of carbonyl (C=O) groups is 1. The number of carbonyl (C=O) groups excluding carboxylic acids is 1. The summed E-state index contributed by atoms with van der Waals surface area (Å²) in [7, 11) is 0. The van der Waals surface area contributed by atoms with Crippen molar-refractivity contribution in [2.75, 3.05) is 11.5 Å². The molecule has 0 amide bonds. The molecule has 1 N–H and O–H groups in total. The van der Waals surface area contributed by atoms with E-state index in [9.17, 15) is 14.9 Å². The van der Waals surface area contributed by atoms with E-state index >= 15 is 0 Å². The fourth-order valence-electron chi connectivity index (χ4n) is 3.79. The minimum absolute atomic E-state index is 0.115. The number of nitro groups is 1. The molecule has 3 aromatic rings. The van der Waals surface area contributed by atoms with Crippen LogP contribution in [0.15, 0.2) is 76.4 Å². The minimum Gasteiger partial charge on any atom is -0.463 e. The van der Waals surface area contributed by atoms with Crippen molar-refractivity contribution in [1.29, 1.82) is 0 Å². The first-order valence-electron chi connectivity index (χ1n) is 10.4. The van der Waals surface area contributed by atoms with E-state index in [0.717, 1.165) is 5.69 Å². The second-order valence-electron chi connectivity index (χ2n) is 7.40. The van der Waals surface area contributed by atoms with Crippen LogP contribution in [0.25, 0.3) is 11.3 Å². The molecule has 0 bridgehead atoms. The van der Waals surface area contributed by atoms with Gasteiger partial charge in [-0.2, -0.15) is 0 Å². The van der Waals surface area contributed by atoms with Crippen LogP contribution in [0.3, 0.4) is 0 Å². The largest absolute Gasteiger partial charge is 0.463 e. The van der Waals surface area contributed by atoms with Crippen LogP contribution in [0.1, 0.15) is 25.6 Å². The molecule has 10 heteroatoms. The van der Waals surface area contributed by atoms with Crippen LogP contribution in [-0.4, -0.2) is 22.6 Å². The second kappa shape index (κ2) is 9.66. The molecular formula is C24H20ClN3O5S. The molecule has 0 radical (unpaired) electrons. The Morgan fingerprint density at radius 2 is 1.97 bits per heavy atom. The van der Waals surface area contributed by atoms with Crippen LogP contribution in [0.2, 0.25) is 5.02 Å². The molecule has 4 rings (SSSR count). The lowest BCUT2D eigenvalue weighted by Gasteiger charge is -2.36. The number of ether oxygens (including phenoxy) is 1. The topological polar surface area (TPSA) is 97.8 Å². The maximum Gasteiger partial charge on any atom is 0.338 e. The number of nitrogens with zero attached hydrogens (tertiary/aromatic N) is 2. The van der Waals surface area contributed by atoms with Gasteiger partial charge in [0.25, 0.3) is 5.69 Å². The number of nitrogens with one attached hydrogen (secondary N) is 1. The quantitative estimate of drug-likeness (QED) is 0.198. The van der Waals surface area contributed by atoms with E-state index in [0.29, 0.717) is 38.5 Å². The van der Waals surface area contributed by atoms with Gasteiger partial charge in [-0.25, -0.2) is 4.79 Å². The van der Waals surface area contributed by atoms with Crippen LogP contribution in [0.4, 0.5) is 11.4 Å². The zero-order valence-electron chi connectivity index (χ0n) is 18.3. The highest BCUT2D eigenvalue weighted by Gasteiger charge is 2.37. The van der Waals surface area contributed by atoms with Crippen LogP contribution in [0.5, 0.6) is 0 Å². The molecule has 0 fully saturated rings. The summed E-state index contributed by atoms with van der Waals surface area (Å²) in [6.45, 7) is 3.72. The van der Waals surface area contributed by atoms with Gasteiger partial charge in [0, 0.05) is 29.1 Å². The molecule has 34 heavy (non-hydrogen) atoms. The lowest BCUT2D eigenvalue weighted by Crippen LogP contribution is -2.48. The minimum atomic E-state index is -0.724. The molecule has 0 spiro atoms. The Morgan fingerprint density at radius 3 is 2.65 bits per heavy atom. The molecule has 0 unspecified atom stereocenters. The smallest absolute Gasteiger partial charge is 0.338 e. The van der Waals surface area contributed by atoms with Crippen molar-refractivity contribution in [2.24, 2.45) is 0 Å². The normalized spacial score (nSPS) is 15.8. The molecule has 174 valence electrons. The van der Waals surface area contributed by atoms with Gasteiger partial charge in [-0.05, 0) is 56.4 Å².